The first-order chi connectivity index (χ1) is 19.1. The standard InChI is InChI=1S/C24H42O16/c1-2-3-4-5-6-35-23-20(17(32)14(29)11(8-26)37-23)40-24-21(18(33)15(30)12(9-27)38-24)39-22-19(34)16(31)13(28)10(7-25)36-22/h2,10-34H,1,3-9H2/t10?,11?,12?,13-,14-,15-,16?,17?,18?,19-,20?,21?,22+,23+,24-/m1/s1. The van der Waals surface area contributed by atoms with Gasteiger partial charge in [0, 0.05) is 6.61 Å². The lowest BCUT2D eigenvalue weighted by Crippen LogP contribution is -2.67. The van der Waals surface area contributed by atoms with Gasteiger partial charge in [0.25, 0.3) is 0 Å². The molecular weight excluding hydrogens is 544 g/mol. The fourth-order valence-electron chi connectivity index (χ4n) is 4.73. The van der Waals surface area contributed by atoms with Crippen LogP contribution in [-0.2, 0) is 28.4 Å². The number of unbranched alkanes of at least 4 members (excludes halogenated alkanes) is 2. The maximum Gasteiger partial charge on any atom is 0.187 e. The Labute approximate surface area is 230 Å². The van der Waals surface area contributed by atoms with Crippen LogP contribution >= 0.6 is 0 Å². The molecule has 0 aromatic rings. The van der Waals surface area contributed by atoms with E-state index in [-0.39, 0.29) is 6.61 Å². The van der Waals surface area contributed by atoms with E-state index in [4.69, 9.17) is 28.4 Å². The highest BCUT2D eigenvalue weighted by Gasteiger charge is 2.54. The first kappa shape index (κ1) is 33.6. The Kier molecular flexibility index (Phi) is 13.0. The highest BCUT2D eigenvalue weighted by molar-refractivity contribution is 4.96. The van der Waals surface area contributed by atoms with Crippen molar-refractivity contribution in [3.63, 3.8) is 0 Å². The Balaban J connectivity index is 1.83. The van der Waals surface area contributed by atoms with Gasteiger partial charge >= 0.3 is 0 Å². The lowest BCUT2D eigenvalue weighted by molar-refractivity contribution is -0.393. The highest BCUT2D eigenvalue weighted by Crippen LogP contribution is 2.33. The number of hydrogen-bond donors (Lipinski definition) is 10. The van der Waals surface area contributed by atoms with Crippen LogP contribution in [0.5, 0.6) is 0 Å². The van der Waals surface area contributed by atoms with E-state index in [1.165, 1.54) is 0 Å². The molecule has 0 bridgehead atoms. The predicted octanol–water partition coefficient (Wildman–Crippen LogP) is -5.19. The molecule has 16 nitrogen and oxygen atoms in total. The average molecular weight is 587 g/mol. The van der Waals surface area contributed by atoms with Crippen molar-refractivity contribution in [1.82, 2.24) is 0 Å². The molecule has 15 atom stereocenters. The molecule has 3 aliphatic heterocycles. The third kappa shape index (κ3) is 7.54. The largest absolute Gasteiger partial charge is 0.394 e. The number of ether oxygens (including phenoxy) is 6. The lowest BCUT2D eigenvalue weighted by Gasteiger charge is -2.48. The van der Waals surface area contributed by atoms with Gasteiger partial charge in [-0.15, -0.1) is 6.58 Å². The van der Waals surface area contributed by atoms with Gasteiger partial charge in [0.2, 0.25) is 0 Å². The average Bonchev–Trinajstić information content (AvgIpc) is 2.95. The van der Waals surface area contributed by atoms with Crippen molar-refractivity contribution in [3.05, 3.63) is 12.7 Å². The second-order valence-corrected chi connectivity index (χ2v) is 9.97. The summed E-state index contributed by atoms with van der Waals surface area (Å²) in [6.45, 7) is 1.59. The summed E-state index contributed by atoms with van der Waals surface area (Å²) in [7, 11) is 0. The minimum absolute atomic E-state index is 0.135. The van der Waals surface area contributed by atoms with Gasteiger partial charge in [-0.2, -0.15) is 0 Å². The summed E-state index contributed by atoms with van der Waals surface area (Å²) in [6.07, 6.45) is -20.6. The summed E-state index contributed by atoms with van der Waals surface area (Å²) in [5.41, 5.74) is 0. The van der Waals surface area contributed by atoms with Crippen molar-refractivity contribution in [1.29, 1.82) is 0 Å². The Morgan fingerprint density at radius 1 is 0.550 bits per heavy atom. The quantitative estimate of drug-likeness (QED) is 0.0714. The molecule has 234 valence electrons. The third-order valence-electron chi connectivity index (χ3n) is 7.16. The van der Waals surface area contributed by atoms with Crippen molar-refractivity contribution in [3.8, 4) is 0 Å². The molecule has 3 rings (SSSR count). The summed E-state index contributed by atoms with van der Waals surface area (Å²) >= 11 is 0. The van der Waals surface area contributed by atoms with E-state index in [1.54, 1.807) is 6.08 Å². The Morgan fingerprint density at radius 2 is 1.00 bits per heavy atom. The van der Waals surface area contributed by atoms with E-state index in [9.17, 15) is 51.1 Å². The summed E-state index contributed by atoms with van der Waals surface area (Å²) in [5, 5.41) is 102. The topological polar surface area (TPSA) is 258 Å². The molecule has 8 unspecified atom stereocenters. The second-order valence-electron chi connectivity index (χ2n) is 9.97. The van der Waals surface area contributed by atoms with Crippen molar-refractivity contribution in [2.45, 2.75) is 111 Å². The van der Waals surface area contributed by atoms with E-state index in [2.05, 4.69) is 6.58 Å². The molecule has 0 amide bonds. The van der Waals surface area contributed by atoms with Gasteiger partial charge in [-0.1, -0.05) is 6.08 Å². The van der Waals surface area contributed by atoms with E-state index in [0.29, 0.717) is 6.42 Å². The van der Waals surface area contributed by atoms with Crippen LogP contribution in [0.4, 0.5) is 0 Å². The van der Waals surface area contributed by atoms with Crippen LogP contribution in [0, 0.1) is 0 Å². The zero-order valence-corrected chi connectivity index (χ0v) is 21.8. The summed E-state index contributed by atoms with van der Waals surface area (Å²) in [6, 6.07) is 0. The molecule has 40 heavy (non-hydrogen) atoms. The minimum atomic E-state index is -1.87. The molecular formula is C24H42O16. The molecule has 3 aliphatic rings. The Bertz CT molecular complexity index is 758. The first-order valence-electron chi connectivity index (χ1n) is 13.2. The van der Waals surface area contributed by atoms with Crippen LogP contribution in [0.1, 0.15) is 19.3 Å². The van der Waals surface area contributed by atoms with Gasteiger partial charge in [0.05, 0.1) is 19.8 Å². The maximum atomic E-state index is 10.8. The van der Waals surface area contributed by atoms with Crippen LogP contribution in [0.2, 0.25) is 0 Å². The zero-order chi connectivity index (χ0) is 29.6. The molecule has 0 aromatic heterocycles. The normalized spacial score (nSPS) is 46.3. The summed E-state index contributed by atoms with van der Waals surface area (Å²) in [4.78, 5) is 0. The fraction of sp³-hybridized carbons (Fsp3) is 0.917. The van der Waals surface area contributed by atoms with Crippen LogP contribution < -0.4 is 0 Å². The first-order valence-corrected chi connectivity index (χ1v) is 13.2. The summed E-state index contributed by atoms with van der Waals surface area (Å²) in [5.74, 6) is 0. The Hall–Kier alpha value is -0.900. The van der Waals surface area contributed by atoms with Crippen molar-refractivity contribution >= 4 is 0 Å². The summed E-state index contributed by atoms with van der Waals surface area (Å²) < 4.78 is 33.7. The predicted molar refractivity (Wildman–Crippen MR) is 129 cm³/mol. The van der Waals surface area contributed by atoms with E-state index < -0.39 is 112 Å². The van der Waals surface area contributed by atoms with Crippen LogP contribution in [0.25, 0.3) is 0 Å². The number of allylic oxidation sites excluding steroid dienone is 1. The number of aliphatic hydroxyl groups excluding tert-OH is 10. The van der Waals surface area contributed by atoms with E-state index >= 15 is 0 Å². The van der Waals surface area contributed by atoms with Crippen molar-refractivity contribution < 1.29 is 79.5 Å². The van der Waals surface area contributed by atoms with Gasteiger partial charge in [-0.25, -0.2) is 0 Å². The molecule has 0 aliphatic carbocycles. The lowest BCUT2D eigenvalue weighted by atomic mass is 9.96. The third-order valence-corrected chi connectivity index (χ3v) is 7.16. The minimum Gasteiger partial charge on any atom is -0.394 e. The number of rotatable bonds is 13. The molecule has 0 spiro atoms. The SMILES string of the molecule is C=CCCCCO[C@H]1OC(CO)[C@@H](O)C(O)C1O[C@H]1OC(CO)[C@@H](O)C(O)C1O[C@@H]1OC(CO)[C@@H](O)C(O)[C@H]1O. The zero-order valence-electron chi connectivity index (χ0n) is 21.8. The van der Waals surface area contributed by atoms with Crippen molar-refractivity contribution in [2.24, 2.45) is 0 Å². The van der Waals surface area contributed by atoms with Gasteiger partial charge in [-0.05, 0) is 19.3 Å². The fourth-order valence-corrected chi connectivity index (χ4v) is 4.73. The molecule has 16 heteroatoms. The monoisotopic (exact) mass is 586 g/mol. The maximum absolute atomic E-state index is 10.8. The van der Waals surface area contributed by atoms with Crippen LogP contribution in [-0.4, -0.2) is 170 Å². The second kappa shape index (κ2) is 15.5. The van der Waals surface area contributed by atoms with Gasteiger partial charge in [-0.3, -0.25) is 0 Å². The molecule has 0 aromatic carbocycles. The van der Waals surface area contributed by atoms with Gasteiger partial charge in [0.1, 0.15) is 73.2 Å². The van der Waals surface area contributed by atoms with E-state index in [1.807, 2.05) is 0 Å². The van der Waals surface area contributed by atoms with Crippen LogP contribution in [0.15, 0.2) is 12.7 Å². The molecule has 0 saturated carbocycles. The Morgan fingerprint density at radius 3 is 1.52 bits per heavy atom. The smallest absolute Gasteiger partial charge is 0.187 e. The number of hydrogen-bond acceptors (Lipinski definition) is 16. The number of aliphatic hydroxyl groups is 10. The molecule has 3 saturated heterocycles. The molecule has 3 fully saturated rings. The highest BCUT2D eigenvalue weighted by atomic mass is 16.8. The molecule has 0 radical (unpaired) electrons. The van der Waals surface area contributed by atoms with E-state index in [0.717, 1.165) is 12.8 Å². The van der Waals surface area contributed by atoms with Crippen LogP contribution in [0.3, 0.4) is 0 Å². The molecule has 10 N–H and O–H groups in total. The van der Waals surface area contributed by atoms with Gasteiger partial charge < -0.3 is 79.5 Å². The van der Waals surface area contributed by atoms with Gasteiger partial charge in [0.15, 0.2) is 18.9 Å². The molecule has 3 heterocycles. The van der Waals surface area contributed by atoms with Crippen molar-refractivity contribution in [2.75, 3.05) is 26.4 Å².